The summed E-state index contributed by atoms with van der Waals surface area (Å²) in [6.07, 6.45) is 0. The average molecular weight is 392 g/mol. The van der Waals surface area contributed by atoms with Gasteiger partial charge in [0.15, 0.2) is 0 Å². The van der Waals surface area contributed by atoms with Gasteiger partial charge in [-0.1, -0.05) is 0 Å². The summed E-state index contributed by atoms with van der Waals surface area (Å²) < 4.78 is 0. The number of pyridine rings is 1. The monoisotopic (exact) mass is 392 g/mol. The lowest BCUT2D eigenvalue weighted by Crippen LogP contribution is -2.23. The zero-order valence-electron chi connectivity index (χ0n) is 17.0. The minimum absolute atomic E-state index is 0.00189. The molecule has 3 aromatic rings. The summed E-state index contributed by atoms with van der Waals surface area (Å²) in [5, 5.41) is 14.8. The molecule has 29 heavy (non-hydrogen) atoms. The molecule has 7 nitrogen and oxygen atoms in total. The second-order valence-electron chi connectivity index (χ2n) is 6.91. The predicted molar refractivity (Wildman–Crippen MR) is 116 cm³/mol. The Labute approximate surface area is 169 Å². The van der Waals surface area contributed by atoms with Gasteiger partial charge in [0.1, 0.15) is 5.82 Å². The molecule has 0 spiro atoms. The minimum atomic E-state index is -0.456. The van der Waals surface area contributed by atoms with Crippen LogP contribution in [0.15, 0.2) is 42.5 Å². The van der Waals surface area contributed by atoms with Crippen LogP contribution in [0, 0.1) is 24.0 Å². The Hall–Kier alpha value is -3.48. The third-order valence-corrected chi connectivity index (χ3v) is 5.00. The first-order valence-electron chi connectivity index (χ1n) is 9.56. The van der Waals surface area contributed by atoms with Gasteiger partial charge in [-0.05, 0) is 69.7 Å². The molecular formula is C22H24N4O3. The zero-order valence-corrected chi connectivity index (χ0v) is 17.0. The van der Waals surface area contributed by atoms with Crippen molar-refractivity contribution >= 4 is 34.0 Å². The Kier molecular flexibility index (Phi) is 5.77. The van der Waals surface area contributed by atoms with Crippen LogP contribution in [0.2, 0.25) is 0 Å². The number of hydrogen-bond acceptors (Lipinski definition) is 5. The van der Waals surface area contributed by atoms with Crippen molar-refractivity contribution in [3.63, 3.8) is 0 Å². The van der Waals surface area contributed by atoms with Crippen LogP contribution in [-0.2, 0) is 0 Å². The Bertz CT molecular complexity index is 1090. The molecule has 0 bridgehead atoms. The quantitative estimate of drug-likeness (QED) is 0.478. The van der Waals surface area contributed by atoms with E-state index in [1.165, 1.54) is 18.2 Å². The molecule has 0 unspecified atom stereocenters. The molecule has 2 aromatic carbocycles. The van der Waals surface area contributed by atoms with Crippen LogP contribution >= 0.6 is 0 Å². The topological polar surface area (TPSA) is 88.4 Å². The van der Waals surface area contributed by atoms with Crippen molar-refractivity contribution in [1.82, 2.24) is 4.98 Å². The number of carbonyl (C=O) groups is 1. The highest BCUT2D eigenvalue weighted by Crippen LogP contribution is 2.26. The summed E-state index contributed by atoms with van der Waals surface area (Å²) in [6.45, 7) is 9.62. The molecule has 1 amide bonds. The van der Waals surface area contributed by atoms with Crippen molar-refractivity contribution in [2.45, 2.75) is 27.7 Å². The average Bonchev–Trinajstić information content (AvgIpc) is 2.69. The maximum absolute atomic E-state index is 12.6. The number of hydrogen-bond donors (Lipinski definition) is 1. The molecule has 1 aromatic heterocycles. The molecule has 0 radical (unpaired) electrons. The molecule has 3 rings (SSSR count). The normalized spacial score (nSPS) is 10.8. The number of aromatic nitrogens is 1. The Morgan fingerprint density at radius 2 is 1.79 bits per heavy atom. The van der Waals surface area contributed by atoms with Crippen LogP contribution in [0.1, 0.15) is 35.3 Å². The lowest BCUT2D eigenvalue weighted by molar-refractivity contribution is -0.385. The number of amides is 1. The van der Waals surface area contributed by atoms with Crippen LogP contribution < -0.4 is 10.2 Å². The summed E-state index contributed by atoms with van der Waals surface area (Å²) >= 11 is 0. The highest BCUT2D eigenvalue weighted by atomic mass is 16.6. The van der Waals surface area contributed by atoms with Crippen molar-refractivity contribution in [1.29, 1.82) is 0 Å². The molecule has 1 heterocycles. The molecule has 7 heteroatoms. The first-order chi connectivity index (χ1) is 13.8. The molecule has 1 N–H and O–H groups in total. The lowest BCUT2D eigenvalue weighted by atomic mass is 10.1. The van der Waals surface area contributed by atoms with Gasteiger partial charge < -0.3 is 10.2 Å². The zero-order chi connectivity index (χ0) is 21.1. The van der Waals surface area contributed by atoms with Crippen molar-refractivity contribution in [3.8, 4) is 0 Å². The number of nitro benzene ring substituents is 1. The van der Waals surface area contributed by atoms with Gasteiger partial charge in [-0.2, -0.15) is 0 Å². The Morgan fingerprint density at radius 1 is 1.07 bits per heavy atom. The molecule has 0 fully saturated rings. The van der Waals surface area contributed by atoms with Gasteiger partial charge >= 0.3 is 0 Å². The largest absolute Gasteiger partial charge is 0.357 e. The summed E-state index contributed by atoms with van der Waals surface area (Å²) in [5.74, 6) is 0.630. The van der Waals surface area contributed by atoms with E-state index >= 15 is 0 Å². The van der Waals surface area contributed by atoms with E-state index in [2.05, 4.69) is 30.1 Å². The van der Waals surface area contributed by atoms with Crippen LogP contribution in [0.4, 0.5) is 17.2 Å². The molecule has 0 saturated heterocycles. The standard InChI is InChI=1S/C22H24N4O3/c1-5-25(6-2)21-12-14(3)18-13-17(8-9-19(18)24-21)23-22(27)16-7-10-20(26(28)29)15(4)11-16/h7-13H,5-6H2,1-4H3,(H,23,27). The van der Waals surface area contributed by atoms with Crippen LogP contribution in [-0.4, -0.2) is 28.9 Å². The van der Waals surface area contributed by atoms with Gasteiger partial charge in [-0.25, -0.2) is 4.98 Å². The van der Waals surface area contributed by atoms with E-state index in [-0.39, 0.29) is 11.6 Å². The minimum Gasteiger partial charge on any atom is -0.357 e. The van der Waals surface area contributed by atoms with Gasteiger partial charge in [0, 0.05) is 41.4 Å². The smallest absolute Gasteiger partial charge is 0.272 e. The summed E-state index contributed by atoms with van der Waals surface area (Å²) in [5.41, 5.74) is 3.43. The first-order valence-corrected chi connectivity index (χ1v) is 9.56. The number of aryl methyl sites for hydroxylation is 2. The summed E-state index contributed by atoms with van der Waals surface area (Å²) in [7, 11) is 0. The van der Waals surface area contributed by atoms with Gasteiger partial charge in [0.2, 0.25) is 0 Å². The SMILES string of the molecule is CCN(CC)c1cc(C)c2cc(NC(=O)c3ccc([N+](=O)[O-])c(C)c3)ccc2n1. The highest BCUT2D eigenvalue weighted by Gasteiger charge is 2.14. The van der Waals surface area contributed by atoms with Crippen molar-refractivity contribution in [2.75, 3.05) is 23.3 Å². The highest BCUT2D eigenvalue weighted by molar-refractivity contribution is 6.05. The first kappa shape index (κ1) is 20.3. The van der Waals surface area contributed by atoms with Gasteiger partial charge in [-0.3, -0.25) is 14.9 Å². The maximum Gasteiger partial charge on any atom is 0.272 e. The van der Waals surface area contributed by atoms with Crippen LogP contribution in [0.3, 0.4) is 0 Å². The fraction of sp³-hybridized carbons (Fsp3) is 0.273. The fourth-order valence-corrected chi connectivity index (χ4v) is 3.37. The lowest BCUT2D eigenvalue weighted by Gasteiger charge is -2.21. The predicted octanol–water partition coefficient (Wildman–Crippen LogP) is 4.86. The van der Waals surface area contributed by atoms with E-state index in [1.807, 2.05) is 25.1 Å². The Morgan fingerprint density at radius 3 is 2.41 bits per heavy atom. The Balaban J connectivity index is 1.88. The van der Waals surface area contributed by atoms with E-state index in [0.717, 1.165) is 35.4 Å². The van der Waals surface area contributed by atoms with Crippen LogP contribution in [0.5, 0.6) is 0 Å². The maximum atomic E-state index is 12.6. The number of anilines is 2. The second-order valence-corrected chi connectivity index (χ2v) is 6.91. The fourth-order valence-electron chi connectivity index (χ4n) is 3.37. The number of carbonyl (C=O) groups excluding carboxylic acids is 1. The summed E-state index contributed by atoms with van der Waals surface area (Å²) in [4.78, 5) is 30.0. The molecule has 0 saturated carbocycles. The second kappa shape index (κ2) is 8.26. The van der Waals surface area contributed by atoms with Crippen LogP contribution in [0.25, 0.3) is 10.9 Å². The number of nitro groups is 1. The molecule has 0 atom stereocenters. The summed E-state index contributed by atoms with van der Waals surface area (Å²) in [6, 6.07) is 12.0. The molecular weight excluding hydrogens is 368 g/mol. The third-order valence-electron chi connectivity index (χ3n) is 5.00. The third kappa shape index (κ3) is 4.18. The number of benzene rings is 2. The van der Waals surface area contributed by atoms with E-state index < -0.39 is 4.92 Å². The molecule has 0 aliphatic carbocycles. The van der Waals surface area contributed by atoms with Crippen molar-refractivity contribution < 1.29 is 9.72 Å². The van der Waals surface area contributed by atoms with Crippen molar-refractivity contribution in [2.24, 2.45) is 0 Å². The van der Waals surface area contributed by atoms with Gasteiger partial charge in [-0.15, -0.1) is 0 Å². The molecule has 150 valence electrons. The number of rotatable bonds is 6. The van der Waals surface area contributed by atoms with Gasteiger partial charge in [0.25, 0.3) is 11.6 Å². The number of nitrogens with zero attached hydrogens (tertiary/aromatic N) is 3. The van der Waals surface area contributed by atoms with E-state index in [1.54, 1.807) is 6.92 Å². The number of nitrogens with one attached hydrogen (secondary N) is 1. The van der Waals surface area contributed by atoms with Gasteiger partial charge in [0.05, 0.1) is 10.4 Å². The van der Waals surface area contributed by atoms with Crippen molar-refractivity contribution in [3.05, 3.63) is 69.3 Å². The van der Waals surface area contributed by atoms with E-state index in [0.29, 0.717) is 16.8 Å². The van der Waals surface area contributed by atoms with E-state index in [9.17, 15) is 14.9 Å². The molecule has 0 aliphatic rings. The van der Waals surface area contributed by atoms with E-state index in [4.69, 9.17) is 4.98 Å². The molecule has 0 aliphatic heterocycles. The number of fused-ring (bicyclic) bond motifs is 1.